The molecule has 4 aromatic rings. The Balaban J connectivity index is 0.000000257. The molecule has 0 amide bonds. The van der Waals surface area contributed by atoms with Gasteiger partial charge in [-0.3, -0.25) is 0 Å². The summed E-state index contributed by atoms with van der Waals surface area (Å²) in [6.45, 7) is 3.35. The second-order valence-corrected chi connectivity index (χ2v) is 10.1. The van der Waals surface area contributed by atoms with Gasteiger partial charge in [0.2, 0.25) is 11.6 Å². The quantitative estimate of drug-likeness (QED) is 0.116. The van der Waals surface area contributed by atoms with E-state index in [1.165, 1.54) is 31.2 Å². The number of halogens is 9. The van der Waals surface area contributed by atoms with E-state index in [4.69, 9.17) is 9.47 Å². The fraction of sp³-hybridized carbons (Fsp3) is 0.172. The molecule has 0 spiro atoms. The number of benzene rings is 4. The lowest BCUT2D eigenvalue weighted by Crippen LogP contribution is -2.28. The lowest BCUT2D eigenvalue weighted by atomic mass is 10.0. The summed E-state index contributed by atoms with van der Waals surface area (Å²) in [5.74, 6) is -10.6. The van der Waals surface area contributed by atoms with Crippen LogP contribution in [0.25, 0.3) is 22.3 Å². The molecule has 0 bridgehead atoms. The first-order valence-corrected chi connectivity index (χ1v) is 14.0. The Hall–Kier alpha value is -4.60. The van der Waals surface area contributed by atoms with Crippen molar-refractivity contribution in [3.63, 3.8) is 0 Å². The SMILES string of the molecule is CCOc1ccc(-c2cccc(F)c2O)c(F)c1F.CCOc1ccc(-c2cccc(F)c2OS(=O)(=O)C(F)(F)F)c(F)c1F. The number of para-hydroxylation sites is 2. The first-order chi connectivity index (χ1) is 21.0. The van der Waals surface area contributed by atoms with Gasteiger partial charge in [0.25, 0.3) is 0 Å². The highest BCUT2D eigenvalue weighted by atomic mass is 32.2. The molecule has 0 atom stereocenters. The van der Waals surface area contributed by atoms with Gasteiger partial charge in [-0.2, -0.15) is 30.4 Å². The number of phenolic OH excluding ortho intramolecular Hbond substituents is 1. The van der Waals surface area contributed by atoms with Gasteiger partial charge < -0.3 is 18.8 Å². The highest BCUT2D eigenvalue weighted by Gasteiger charge is 2.49. The third kappa shape index (κ3) is 7.56. The average molecular weight is 669 g/mol. The lowest BCUT2D eigenvalue weighted by Gasteiger charge is -2.15. The van der Waals surface area contributed by atoms with E-state index in [1.54, 1.807) is 6.92 Å². The maximum absolute atomic E-state index is 14.2. The van der Waals surface area contributed by atoms with Gasteiger partial charge in [0, 0.05) is 22.3 Å². The van der Waals surface area contributed by atoms with E-state index in [-0.39, 0.29) is 30.1 Å². The number of alkyl halides is 3. The summed E-state index contributed by atoms with van der Waals surface area (Å²) in [5.41, 5.74) is -7.61. The van der Waals surface area contributed by atoms with Gasteiger partial charge in [0.05, 0.1) is 13.2 Å². The van der Waals surface area contributed by atoms with Gasteiger partial charge in [0.1, 0.15) is 0 Å². The molecule has 0 aliphatic carbocycles. The van der Waals surface area contributed by atoms with Crippen molar-refractivity contribution in [2.24, 2.45) is 0 Å². The van der Waals surface area contributed by atoms with E-state index in [2.05, 4.69) is 4.18 Å². The first-order valence-electron chi connectivity index (χ1n) is 12.5. The fourth-order valence-electron chi connectivity index (χ4n) is 3.71. The topological polar surface area (TPSA) is 82.1 Å². The van der Waals surface area contributed by atoms with Crippen LogP contribution in [0.1, 0.15) is 13.8 Å². The predicted molar refractivity (Wildman–Crippen MR) is 143 cm³/mol. The van der Waals surface area contributed by atoms with E-state index in [1.807, 2.05) is 0 Å². The largest absolute Gasteiger partial charge is 0.534 e. The van der Waals surface area contributed by atoms with Crippen molar-refractivity contribution in [2.75, 3.05) is 13.2 Å². The summed E-state index contributed by atoms with van der Waals surface area (Å²) >= 11 is 0. The minimum absolute atomic E-state index is 0.00780. The van der Waals surface area contributed by atoms with Gasteiger partial charge in [-0.1, -0.05) is 24.3 Å². The van der Waals surface area contributed by atoms with Gasteiger partial charge in [-0.05, 0) is 50.2 Å². The van der Waals surface area contributed by atoms with Crippen LogP contribution in [-0.2, 0) is 10.1 Å². The Bertz CT molecular complexity index is 1790. The number of hydrogen-bond donors (Lipinski definition) is 1. The number of phenols is 1. The zero-order valence-corrected chi connectivity index (χ0v) is 23.8. The van der Waals surface area contributed by atoms with Crippen molar-refractivity contribution in [2.45, 2.75) is 19.4 Å². The first kappa shape index (κ1) is 34.9. The zero-order valence-electron chi connectivity index (χ0n) is 23.0. The molecule has 4 aromatic carbocycles. The maximum atomic E-state index is 14.2. The molecular weight excluding hydrogens is 647 g/mol. The van der Waals surface area contributed by atoms with E-state index in [0.29, 0.717) is 6.07 Å². The van der Waals surface area contributed by atoms with Crippen molar-refractivity contribution >= 4 is 10.1 Å². The Kier molecular flexibility index (Phi) is 10.9. The van der Waals surface area contributed by atoms with Crippen LogP contribution in [0, 0.1) is 34.9 Å². The van der Waals surface area contributed by atoms with Crippen molar-refractivity contribution < 1.29 is 66.7 Å². The average Bonchev–Trinajstić information content (AvgIpc) is 2.97. The Morgan fingerprint density at radius 3 is 1.53 bits per heavy atom. The molecule has 0 heterocycles. The fourth-order valence-corrected chi connectivity index (χ4v) is 4.19. The Morgan fingerprint density at radius 1 is 0.622 bits per heavy atom. The normalized spacial score (nSPS) is 11.4. The maximum Gasteiger partial charge on any atom is 0.534 e. The number of aromatic hydroxyl groups is 1. The van der Waals surface area contributed by atoms with Crippen LogP contribution in [0.5, 0.6) is 23.0 Å². The highest BCUT2D eigenvalue weighted by molar-refractivity contribution is 7.88. The number of rotatable bonds is 8. The molecule has 0 radical (unpaired) electrons. The molecule has 0 saturated carbocycles. The Labute approximate surface area is 250 Å². The van der Waals surface area contributed by atoms with Crippen LogP contribution >= 0.6 is 0 Å². The Morgan fingerprint density at radius 2 is 1.07 bits per heavy atom. The van der Waals surface area contributed by atoms with Crippen molar-refractivity contribution in [1.29, 1.82) is 0 Å². The summed E-state index contributed by atoms with van der Waals surface area (Å²) in [5, 5.41) is 9.54. The van der Waals surface area contributed by atoms with Crippen LogP contribution in [-0.4, -0.2) is 32.2 Å². The molecule has 0 unspecified atom stereocenters. The van der Waals surface area contributed by atoms with E-state index >= 15 is 0 Å². The standard InChI is InChI=1S/C15H10F6O4S.C14H11F3O2/c1-2-24-11-7-6-8(12(17)13(11)18)9-4-3-5-10(16)14(9)25-26(22,23)15(19,20)21;1-2-19-11-7-6-8(12(16)13(11)17)9-4-3-5-10(15)14(9)18/h3-7H,2H2,1H3;3-7,18H,2H2,1H3. The summed E-state index contributed by atoms with van der Waals surface area (Å²) < 4.78 is 156. The number of hydrogen-bond acceptors (Lipinski definition) is 6. The van der Waals surface area contributed by atoms with Crippen LogP contribution in [0.3, 0.4) is 0 Å². The van der Waals surface area contributed by atoms with Gasteiger partial charge in [0.15, 0.2) is 46.3 Å². The van der Waals surface area contributed by atoms with Crippen molar-refractivity contribution in [3.05, 3.63) is 95.6 Å². The van der Waals surface area contributed by atoms with E-state index < -0.39 is 78.9 Å². The van der Waals surface area contributed by atoms with Crippen LogP contribution in [0.4, 0.5) is 39.5 Å². The van der Waals surface area contributed by atoms with Crippen molar-refractivity contribution in [1.82, 2.24) is 0 Å². The molecule has 0 saturated heterocycles. The summed E-state index contributed by atoms with van der Waals surface area (Å²) in [7, 11) is -6.22. The highest BCUT2D eigenvalue weighted by Crippen LogP contribution is 2.39. The molecule has 45 heavy (non-hydrogen) atoms. The van der Waals surface area contributed by atoms with Crippen LogP contribution < -0.4 is 13.7 Å². The smallest absolute Gasteiger partial charge is 0.504 e. The molecule has 0 aromatic heterocycles. The summed E-state index contributed by atoms with van der Waals surface area (Å²) in [6.07, 6.45) is 0. The van der Waals surface area contributed by atoms with Gasteiger partial charge in [-0.25, -0.2) is 17.6 Å². The predicted octanol–water partition coefficient (Wildman–Crippen LogP) is 8.27. The molecule has 6 nitrogen and oxygen atoms in total. The summed E-state index contributed by atoms with van der Waals surface area (Å²) in [4.78, 5) is 0. The third-order valence-electron chi connectivity index (χ3n) is 5.70. The van der Waals surface area contributed by atoms with Gasteiger partial charge in [-0.15, -0.1) is 0 Å². The minimum Gasteiger partial charge on any atom is -0.504 e. The van der Waals surface area contributed by atoms with Crippen LogP contribution in [0.15, 0.2) is 60.7 Å². The van der Waals surface area contributed by atoms with E-state index in [9.17, 15) is 53.0 Å². The molecule has 0 aliphatic heterocycles. The number of ether oxygens (including phenoxy) is 2. The second kappa shape index (κ2) is 14.0. The molecule has 16 heteroatoms. The molecule has 1 N–H and O–H groups in total. The minimum atomic E-state index is -6.22. The van der Waals surface area contributed by atoms with Crippen LogP contribution in [0.2, 0.25) is 0 Å². The molecule has 242 valence electrons. The summed E-state index contributed by atoms with van der Waals surface area (Å²) in [6, 6.07) is 10.4. The van der Waals surface area contributed by atoms with Gasteiger partial charge >= 0.3 is 15.6 Å². The molecule has 0 aliphatic rings. The lowest BCUT2D eigenvalue weighted by molar-refractivity contribution is -0.0500. The zero-order chi connectivity index (χ0) is 33.7. The third-order valence-corrected chi connectivity index (χ3v) is 6.66. The van der Waals surface area contributed by atoms with Crippen molar-refractivity contribution in [3.8, 4) is 45.3 Å². The monoisotopic (exact) mass is 668 g/mol. The molecule has 0 fully saturated rings. The second-order valence-electron chi connectivity index (χ2n) is 8.58. The molecular formula is C29H21F9O6S. The van der Waals surface area contributed by atoms with E-state index in [0.717, 1.165) is 30.3 Å². The molecule has 4 rings (SSSR count).